The van der Waals surface area contributed by atoms with Gasteiger partial charge in [-0.25, -0.2) is 0 Å². The average Bonchev–Trinajstić information content (AvgIpc) is 2.97. The smallest absolute Gasteiger partial charge is 0.201 e. The Kier molecular flexibility index (Phi) is 17.2. The first-order valence-electron chi connectivity index (χ1n) is 20.6. The van der Waals surface area contributed by atoms with Gasteiger partial charge >= 0.3 is 0 Å². The summed E-state index contributed by atoms with van der Waals surface area (Å²) in [5, 5.41) is 0. The second-order valence-corrected chi connectivity index (χ2v) is 35.0. The van der Waals surface area contributed by atoms with E-state index in [-0.39, 0.29) is 18.3 Å². The first-order chi connectivity index (χ1) is 22.2. The lowest BCUT2D eigenvalue weighted by Crippen LogP contribution is -2.61. The molecular weight excluding hydrogens is 641 g/mol. The zero-order chi connectivity index (χ0) is 36.8. The van der Waals surface area contributed by atoms with Gasteiger partial charge in [0, 0.05) is 6.42 Å². The molecular formula is C41H84O4Si3. The summed E-state index contributed by atoms with van der Waals surface area (Å²) in [7, 11) is -6.65. The molecule has 0 saturated heterocycles. The quantitative estimate of drug-likeness (QED) is 0.124. The van der Waals surface area contributed by atoms with Crippen LogP contribution in [0.2, 0.25) is 49.9 Å². The van der Waals surface area contributed by atoms with Crippen LogP contribution in [0.25, 0.3) is 0 Å². The Labute approximate surface area is 304 Å². The first kappa shape index (κ1) is 44.2. The third kappa shape index (κ3) is 9.54. The predicted molar refractivity (Wildman–Crippen MR) is 218 cm³/mol. The standard InChI is InChI=1S/C41H84O4Si3/c1-28(2)46(29(3)4,30(5)6)42-27-40-41(45-48(34(13)14,35(15)16)36(17)18)39(44-47(31(7)8,32(9)10)33(11)12)26-38(43-40)25-24-37-22-20-19-21-23-37/h26,28-37,39-41H,19-25,27H2,1-18H3/t39-,40-,41+/m1/s1. The summed E-state index contributed by atoms with van der Waals surface area (Å²) >= 11 is 0. The van der Waals surface area contributed by atoms with E-state index in [1.807, 2.05) is 0 Å². The molecule has 3 atom stereocenters. The fourth-order valence-corrected chi connectivity index (χ4v) is 27.7. The van der Waals surface area contributed by atoms with E-state index < -0.39 is 25.0 Å². The largest absolute Gasteiger partial charge is 0.490 e. The molecule has 1 fully saturated rings. The molecule has 0 bridgehead atoms. The van der Waals surface area contributed by atoms with E-state index in [4.69, 9.17) is 18.0 Å². The molecule has 4 nitrogen and oxygen atoms in total. The summed E-state index contributed by atoms with van der Waals surface area (Å²) < 4.78 is 30.3. The fraction of sp³-hybridized carbons (Fsp3) is 0.951. The Balaban J connectivity index is 2.78. The highest BCUT2D eigenvalue weighted by molar-refractivity contribution is 6.78. The van der Waals surface area contributed by atoms with Gasteiger partial charge in [0.2, 0.25) is 25.0 Å². The maximum Gasteiger partial charge on any atom is 0.201 e. The minimum atomic E-state index is -2.28. The van der Waals surface area contributed by atoms with Gasteiger partial charge in [-0.15, -0.1) is 0 Å². The van der Waals surface area contributed by atoms with Crippen LogP contribution in [-0.4, -0.2) is 49.9 Å². The van der Waals surface area contributed by atoms with Crippen molar-refractivity contribution in [2.75, 3.05) is 6.61 Å². The fourth-order valence-electron chi connectivity index (χ4n) is 11.1. The minimum absolute atomic E-state index is 0.121. The average molecular weight is 725 g/mol. The van der Waals surface area contributed by atoms with Gasteiger partial charge in [-0.3, -0.25) is 0 Å². The van der Waals surface area contributed by atoms with Gasteiger partial charge < -0.3 is 18.0 Å². The number of hydrogen-bond acceptors (Lipinski definition) is 4. The molecule has 1 heterocycles. The van der Waals surface area contributed by atoms with Crippen LogP contribution in [-0.2, 0) is 18.0 Å². The number of hydrogen-bond donors (Lipinski definition) is 0. The van der Waals surface area contributed by atoms with Crippen LogP contribution in [0.1, 0.15) is 170 Å². The van der Waals surface area contributed by atoms with E-state index in [1.54, 1.807) is 0 Å². The van der Waals surface area contributed by atoms with E-state index in [0.29, 0.717) is 56.5 Å². The molecule has 1 aliphatic heterocycles. The summed E-state index contributed by atoms with van der Waals surface area (Å²) in [5.41, 5.74) is 4.50. The molecule has 1 saturated carbocycles. The Bertz CT molecular complexity index is 899. The molecule has 0 spiro atoms. The Morgan fingerprint density at radius 1 is 0.562 bits per heavy atom. The van der Waals surface area contributed by atoms with Gasteiger partial charge in [0.1, 0.15) is 12.2 Å². The van der Waals surface area contributed by atoms with E-state index in [9.17, 15) is 0 Å². The molecule has 0 aromatic rings. The summed E-state index contributed by atoms with van der Waals surface area (Å²) in [4.78, 5) is 0. The van der Waals surface area contributed by atoms with Crippen molar-refractivity contribution >= 4 is 25.0 Å². The summed E-state index contributed by atoms with van der Waals surface area (Å²) in [6.07, 6.45) is 11.0. The maximum atomic E-state index is 7.87. The second kappa shape index (κ2) is 18.7. The second-order valence-electron chi connectivity index (χ2n) is 18.8. The van der Waals surface area contributed by atoms with Crippen LogP contribution in [0, 0.1) is 5.92 Å². The molecule has 0 aromatic carbocycles. The molecule has 0 unspecified atom stereocenters. The van der Waals surface area contributed by atoms with Crippen molar-refractivity contribution in [3.63, 3.8) is 0 Å². The van der Waals surface area contributed by atoms with E-state index in [2.05, 4.69) is 131 Å². The molecule has 284 valence electrons. The highest BCUT2D eigenvalue weighted by atomic mass is 28.4. The third-order valence-corrected chi connectivity index (χ3v) is 31.4. The maximum absolute atomic E-state index is 7.87. The molecule has 48 heavy (non-hydrogen) atoms. The number of rotatable bonds is 19. The predicted octanol–water partition coefficient (Wildman–Crippen LogP) is 13.9. The van der Waals surface area contributed by atoms with Crippen molar-refractivity contribution in [1.29, 1.82) is 0 Å². The molecule has 2 aliphatic rings. The van der Waals surface area contributed by atoms with Crippen molar-refractivity contribution < 1.29 is 18.0 Å². The van der Waals surface area contributed by atoms with Crippen molar-refractivity contribution in [3.05, 3.63) is 11.8 Å². The molecule has 2 rings (SSSR count). The topological polar surface area (TPSA) is 36.9 Å². The lowest BCUT2D eigenvalue weighted by Gasteiger charge is -2.52. The van der Waals surface area contributed by atoms with Crippen molar-refractivity contribution in [2.45, 2.75) is 238 Å². The van der Waals surface area contributed by atoms with Gasteiger partial charge in [0.15, 0.2) is 0 Å². The van der Waals surface area contributed by atoms with Crippen LogP contribution in [0.5, 0.6) is 0 Å². The van der Waals surface area contributed by atoms with E-state index >= 15 is 0 Å². The lowest BCUT2D eigenvalue weighted by atomic mass is 9.85. The van der Waals surface area contributed by atoms with E-state index in [0.717, 1.165) is 18.1 Å². The van der Waals surface area contributed by atoms with Crippen LogP contribution >= 0.6 is 0 Å². The van der Waals surface area contributed by atoms with E-state index in [1.165, 1.54) is 38.5 Å². The Hall–Kier alpha value is 0.0706. The van der Waals surface area contributed by atoms with Gasteiger partial charge in [-0.1, -0.05) is 157 Å². The highest BCUT2D eigenvalue weighted by Crippen LogP contribution is 2.49. The number of ether oxygens (including phenoxy) is 1. The van der Waals surface area contributed by atoms with Gasteiger partial charge in [0.05, 0.1) is 18.5 Å². The van der Waals surface area contributed by atoms with Crippen molar-refractivity contribution in [1.82, 2.24) is 0 Å². The molecule has 0 radical (unpaired) electrons. The molecule has 0 amide bonds. The lowest BCUT2D eigenvalue weighted by molar-refractivity contribution is -0.0832. The third-order valence-electron chi connectivity index (χ3n) is 13.2. The van der Waals surface area contributed by atoms with Crippen molar-refractivity contribution in [2.24, 2.45) is 5.92 Å². The Morgan fingerprint density at radius 3 is 1.35 bits per heavy atom. The monoisotopic (exact) mass is 725 g/mol. The van der Waals surface area contributed by atoms with Gasteiger partial charge in [-0.2, -0.15) is 0 Å². The SMILES string of the molecule is CC(C)[Si](OC[C@H]1OC(CCC2CCCCC2)=C[C@@H](O[Si](C(C)C)(C(C)C)C(C)C)[C@@H]1O[Si](C(C)C)(C(C)C)C(C)C)(C(C)C)C(C)C. The van der Waals surface area contributed by atoms with Crippen molar-refractivity contribution in [3.8, 4) is 0 Å². The molecule has 0 N–H and O–H groups in total. The molecule has 1 aliphatic carbocycles. The highest BCUT2D eigenvalue weighted by Gasteiger charge is 2.54. The normalized spacial score (nSPS) is 22.5. The zero-order valence-electron chi connectivity index (χ0n) is 35.4. The zero-order valence-corrected chi connectivity index (χ0v) is 38.4. The Morgan fingerprint density at radius 2 is 0.958 bits per heavy atom. The van der Waals surface area contributed by atoms with Crippen LogP contribution in [0.4, 0.5) is 0 Å². The van der Waals surface area contributed by atoms with Gasteiger partial charge in [0.25, 0.3) is 0 Å². The number of allylic oxidation sites excluding steroid dienone is 1. The molecule has 0 aromatic heterocycles. The summed E-state index contributed by atoms with van der Waals surface area (Å²) in [5.74, 6) is 1.95. The first-order valence-corrected chi connectivity index (χ1v) is 27.0. The van der Waals surface area contributed by atoms with Gasteiger partial charge in [-0.05, 0) is 68.3 Å². The summed E-state index contributed by atoms with van der Waals surface area (Å²) in [6, 6.07) is 0. The summed E-state index contributed by atoms with van der Waals surface area (Å²) in [6.45, 7) is 43.9. The van der Waals surface area contributed by atoms with Crippen LogP contribution in [0.15, 0.2) is 11.8 Å². The van der Waals surface area contributed by atoms with Crippen LogP contribution < -0.4 is 0 Å². The molecule has 7 heteroatoms. The minimum Gasteiger partial charge on any atom is -0.490 e. The van der Waals surface area contributed by atoms with Crippen LogP contribution in [0.3, 0.4) is 0 Å².